The molecule has 1 aliphatic heterocycles. The molecule has 1 heterocycles. The Morgan fingerprint density at radius 1 is 1.04 bits per heavy atom. The minimum absolute atomic E-state index is 0.325. The number of esters is 1. The van der Waals surface area contributed by atoms with E-state index in [1.807, 2.05) is 42.5 Å². The van der Waals surface area contributed by atoms with Crippen LogP contribution in [0, 0.1) is 0 Å². The Kier molecular flexibility index (Phi) is 4.75. The summed E-state index contributed by atoms with van der Waals surface area (Å²) in [6, 6.07) is 17.5. The van der Waals surface area contributed by atoms with Gasteiger partial charge in [0.05, 0.1) is 0 Å². The fraction of sp³-hybridized carbons (Fsp3) is 0.200. The van der Waals surface area contributed by atoms with Gasteiger partial charge in [-0.15, -0.1) is 0 Å². The third-order valence-corrected chi connectivity index (χ3v) is 3.94. The topological polar surface area (TPSA) is 41.9 Å². The molecule has 24 heavy (non-hydrogen) atoms. The summed E-state index contributed by atoms with van der Waals surface area (Å²) in [6.07, 6.45) is 1.77. The van der Waals surface area contributed by atoms with Crippen LogP contribution in [0.4, 0.5) is 5.69 Å². The highest BCUT2D eigenvalue weighted by Gasteiger charge is 2.23. The Balaban J connectivity index is 1.90. The molecule has 4 nitrogen and oxygen atoms in total. The average molecular weight is 320 g/mol. The Morgan fingerprint density at radius 3 is 2.50 bits per heavy atom. The van der Waals surface area contributed by atoms with E-state index in [0.29, 0.717) is 11.6 Å². The third-order valence-electron chi connectivity index (χ3n) is 3.94. The first kappa shape index (κ1) is 16.0. The number of cyclic esters (lactones) is 1. The van der Waals surface area contributed by atoms with Gasteiger partial charge in [0.2, 0.25) is 5.90 Å². The van der Waals surface area contributed by atoms with Gasteiger partial charge in [-0.05, 0) is 49.8 Å². The molecule has 0 radical (unpaired) electrons. The Morgan fingerprint density at radius 2 is 1.79 bits per heavy atom. The van der Waals surface area contributed by atoms with Crippen molar-refractivity contribution in [3.05, 3.63) is 71.4 Å². The minimum atomic E-state index is -0.415. The smallest absolute Gasteiger partial charge is 0.363 e. The second kappa shape index (κ2) is 7.13. The molecule has 0 atom stereocenters. The average Bonchev–Trinajstić information content (AvgIpc) is 2.98. The predicted molar refractivity (Wildman–Crippen MR) is 97.1 cm³/mol. The first-order valence-corrected chi connectivity index (χ1v) is 8.14. The van der Waals surface area contributed by atoms with E-state index < -0.39 is 5.97 Å². The molecule has 122 valence electrons. The van der Waals surface area contributed by atoms with Crippen LogP contribution in [0.25, 0.3) is 6.08 Å². The van der Waals surface area contributed by atoms with Crippen molar-refractivity contribution >= 4 is 23.6 Å². The molecule has 0 unspecified atom stereocenters. The minimum Gasteiger partial charge on any atom is -0.402 e. The molecular formula is C20H20N2O2. The van der Waals surface area contributed by atoms with Crippen molar-refractivity contribution in [2.24, 2.45) is 4.99 Å². The van der Waals surface area contributed by atoms with Crippen molar-refractivity contribution in [2.75, 3.05) is 18.0 Å². The highest BCUT2D eigenvalue weighted by molar-refractivity contribution is 6.12. The van der Waals surface area contributed by atoms with Gasteiger partial charge in [-0.25, -0.2) is 9.79 Å². The zero-order valence-electron chi connectivity index (χ0n) is 13.9. The molecule has 0 spiro atoms. The number of hydrogen-bond donors (Lipinski definition) is 0. The van der Waals surface area contributed by atoms with Crippen LogP contribution in [0.5, 0.6) is 0 Å². The SMILES string of the molecule is CCN(CC)c1cccc(/C=C2\N=C(c3ccccc3)OC2=O)c1. The maximum absolute atomic E-state index is 12.1. The van der Waals surface area contributed by atoms with Gasteiger partial charge in [0.15, 0.2) is 5.70 Å². The Labute approximate surface area is 142 Å². The molecule has 2 aromatic rings. The fourth-order valence-electron chi connectivity index (χ4n) is 2.67. The van der Waals surface area contributed by atoms with Crippen molar-refractivity contribution in [1.82, 2.24) is 0 Å². The second-order valence-corrected chi connectivity index (χ2v) is 5.47. The number of benzene rings is 2. The number of hydrogen-bond acceptors (Lipinski definition) is 4. The molecular weight excluding hydrogens is 300 g/mol. The maximum Gasteiger partial charge on any atom is 0.363 e. The first-order chi connectivity index (χ1) is 11.7. The van der Waals surface area contributed by atoms with Gasteiger partial charge in [-0.1, -0.05) is 30.3 Å². The largest absolute Gasteiger partial charge is 0.402 e. The van der Waals surface area contributed by atoms with E-state index in [9.17, 15) is 4.79 Å². The Hall–Kier alpha value is -2.88. The second-order valence-electron chi connectivity index (χ2n) is 5.47. The third kappa shape index (κ3) is 3.38. The summed E-state index contributed by atoms with van der Waals surface area (Å²) < 4.78 is 5.28. The van der Waals surface area contributed by atoms with E-state index in [0.717, 1.165) is 29.9 Å². The quantitative estimate of drug-likeness (QED) is 0.620. The van der Waals surface area contributed by atoms with E-state index in [1.165, 1.54) is 0 Å². The van der Waals surface area contributed by atoms with Gasteiger partial charge in [0.25, 0.3) is 0 Å². The lowest BCUT2D eigenvalue weighted by atomic mass is 10.1. The molecule has 0 saturated carbocycles. The van der Waals surface area contributed by atoms with Gasteiger partial charge >= 0.3 is 5.97 Å². The lowest BCUT2D eigenvalue weighted by Gasteiger charge is -2.21. The zero-order chi connectivity index (χ0) is 16.9. The zero-order valence-corrected chi connectivity index (χ0v) is 13.9. The highest BCUT2D eigenvalue weighted by atomic mass is 16.6. The van der Waals surface area contributed by atoms with Crippen molar-refractivity contribution in [2.45, 2.75) is 13.8 Å². The summed E-state index contributed by atoms with van der Waals surface area (Å²) in [4.78, 5) is 18.7. The van der Waals surface area contributed by atoms with Crippen LogP contribution < -0.4 is 4.90 Å². The molecule has 0 fully saturated rings. The maximum atomic E-state index is 12.1. The number of ether oxygens (including phenoxy) is 1. The van der Waals surface area contributed by atoms with Gasteiger partial charge in [-0.3, -0.25) is 0 Å². The van der Waals surface area contributed by atoms with E-state index in [4.69, 9.17) is 4.74 Å². The molecule has 3 rings (SSSR count). The highest BCUT2D eigenvalue weighted by Crippen LogP contribution is 2.22. The van der Waals surface area contributed by atoms with E-state index in [2.05, 4.69) is 35.9 Å². The number of carbonyl (C=O) groups is 1. The molecule has 0 bridgehead atoms. The Bertz CT molecular complexity index is 790. The normalized spacial score (nSPS) is 15.3. The van der Waals surface area contributed by atoms with Crippen LogP contribution in [0.1, 0.15) is 25.0 Å². The number of aliphatic imine (C=N–C) groups is 1. The molecule has 0 aliphatic carbocycles. The van der Waals surface area contributed by atoms with E-state index in [-0.39, 0.29) is 0 Å². The lowest BCUT2D eigenvalue weighted by molar-refractivity contribution is -0.129. The summed E-state index contributed by atoms with van der Waals surface area (Å²) in [5, 5.41) is 0. The van der Waals surface area contributed by atoms with Gasteiger partial charge in [0, 0.05) is 24.3 Å². The molecule has 0 N–H and O–H groups in total. The van der Waals surface area contributed by atoms with Crippen LogP contribution in [0.15, 0.2) is 65.3 Å². The summed E-state index contributed by atoms with van der Waals surface area (Å²) in [5.41, 5.74) is 3.19. The molecule has 1 aliphatic rings. The van der Waals surface area contributed by atoms with E-state index in [1.54, 1.807) is 6.08 Å². The molecule has 4 heteroatoms. The summed E-state index contributed by atoms with van der Waals surface area (Å²) >= 11 is 0. The summed E-state index contributed by atoms with van der Waals surface area (Å²) in [5.74, 6) is -0.0613. The van der Waals surface area contributed by atoms with Gasteiger partial charge < -0.3 is 9.64 Å². The van der Waals surface area contributed by atoms with Crippen molar-refractivity contribution in [3.8, 4) is 0 Å². The number of anilines is 1. The summed E-state index contributed by atoms with van der Waals surface area (Å²) in [6.45, 7) is 6.13. The predicted octanol–water partition coefficient (Wildman–Crippen LogP) is 3.88. The lowest BCUT2D eigenvalue weighted by Crippen LogP contribution is -2.21. The van der Waals surface area contributed by atoms with Crippen LogP contribution in [-0.4, -0.2) is 25.0 Å². The molecule has 2 aromatic carbocycles. The van der Waals surface area contributed by atoms with E-state index >= 15 is 0 Å². The number of nitrogens with zero attached hydrogens (tertiary/aromatic N) is 2. The molecule has 0 amide bonds. The fourth-order valence-corrected chi connectivity index (χ4v) is 2.67. The number of rotatable bonds is 5. The van der Waals surface area contributed by atoms with Crippen molar-refractivity contribution in [3.63, 3.8) is 0 Å². The van der Waals surface area contributed by atoms with Crippen LogP contribution in [-0.2, 0) is 9.53 Å². The van der Waals surface area contributed by atoms with Crippen LogP contribution in [0.3, 0.4) is 0 Å². The van der Waals surface area contributed by atoms with Crippen molar-refractivity contribution in [1.29, 1.82) is 0 Å². The number of carbonyl (C=O) groups excluding carboxylic acids is 1. The molecule has 0 saturated heterocycles. The molecule has 0 aromatic heterocycles. The first-order valence-electron chi connectivity index (χ1n) is 8.14. The van der Waals surface area contributed by atoms with Gasteiger partial charge in [-0.2, -0.15) is 0 Å². The summed E-state index contributed by atoms with van der Waals surface area (Å²) in [7, 11) is 0. The van der Waals surface area contributed by atoms with Crippen LogP contribution in [0.2, 0.25) is 0 Å². The van der Waals surface area contributed by atoms with Crippen LogP contribution >= 0.6 is 0 Å². The van der Waals surface area contributed by atoms with Gasteiger partial charge in [0.1, 0.15) is 0 Å². The standard InChI is InChI=1S/C20H20N2O2/c1-3-22(4-2)17-12-8-9-15(13-17)14-18-20(23)24-19(21-18)16-10-6-5-7-11-16/h5-14H,3-4H2,1-2H3/b18-14-. The van der Waals surface area contributed by atoms with Crippen molar-refractivity contribution < 1.29 is 9.53 Å². The monoisotopic (exact) mass is 320 g/mol.